The molecule has 3 nitrogen and oxygen atoms in total. The molecule has 0 bridgehead atoms. The molecule has 0 saturated carbocycles. The lowest BCUT2D eigenvalue weighted by Crippen LogP contribution is -3.13. The van der Waals surface area contributed by atoms with Crippen LogP contribution >= 0.6 is 15.9 Å². The van der Waals surface area contributed by atoms with Gasteiger partial charge in [-0.3, -0.25) is 0 Å². The minimum Gasteiger partial charge on any atom is -0.507 e. The number of para-hydroxylation sites is 1. The molecule has 21 heavy (non-hydrogen) atoms. The summed E-state index contributed by atoms with van der Waals surface area (Å²) < 4.78 is 1.03. The van der Waals surface area contributed by atoms with Gasteiger partial charge in [0.05, 0.1) is 26.2 Å². The second kappa shape index (κ2) is 6.50. The molecule has 0 aliphatic carbocycles. The molecule has 0 unspecified atom stereocenters. The summed E-state index contributed by atoms with van der Waals surface area (Å²) in [5.41, 5.74) is 2.33. The molecule has 2 N–H and O–H groups in total. The Morgan fingerprint density at radius 1 is 1.05 bits per heavy atom. The summed E-state index contributed by atoms with van der Waals surface area (Å²) in [5.74, 6) is 0.399. The summed E-state index contributed by atoms with van der Waals surface area (Å²) in [6, 6.07) is 16.2. The number of benzene rings is 2. The molecule has 0 spiro atoms. The highest BCUT2D eigenvalue weighted by atomic mass is 79.9. The van der Waals surface area contributed by atoms with Crippen LogP contribution in [0.5, 0.6) is 5.75 Å². The van der Waals surface area contributed by atoms with Crippen molar-refractivity contribution < 1.29 is 10.0 Å². The number of hydrogen-bond acceptors (Lipinski definition) is 2. The minimum absolute atomic E-state index is 0.399. The molecule has 0 atom stereocenters. The number of phenolic OH excluding ortho intramolecular Hbond substituents is 1. The fourth-order valence-electron chi connectivity index (χ4n) is 2.86. The summed E-state index contributed by atoms with van der Waals surface area (Å²) in [6.07, 6.45) is 0. The topological polar surface area (TPSA) is 27.9 Å². The predicted octanol–water partition coefficient (Wildman–Crippen LogP) is 2.06. The van der Waals surface area contributed by atoms with Gasteiger partial charge in [-0.2, -0.15) is 0 Å². The second-order valence-electron chi connectivity index (χ2n) is 5.52. The van der Waals surface area contributed by atoms with Gasteiger partial charge in [-0.1, -0.05) is 34.1 Å². The Hall–Kier alpha value is -1.52. The molecule has 0 aromatic heterocycles. The maximum Gasteiger partial charge on any atom is 0.124 e. The number of hydrogen-bond donors (Lipinski definition) is 2. The van der Waals surface area contributed by atoms with Crippen molar-refractivity contribution in [3.8, 4) is 5.75 Å². The van der Waals surface area contributed by atoms with Crippen LogP contribution in [0.4, 0.5) is 5.69 Å². The highest BCUT2D eigenvalue weighted by Crippen LogP contribution is 2.21. The molecular formula is C17H20BrN2O+. The molecular weight excluding hydrogens is 328 g/mol. The standard InChI is InChI=1S/C17H19BrN2O/c18-15-6-7-17(21)14(12-15)13-19-8-10-20(11-9-19)16-4-2-1-3-5-16/h1-7,12,21H,8-11,13H2/p+1. The second-order valence-corrected chi connectivity index (χ2v) is 6.44. The van der Waals surface area contributed by atoms with Crippen LogP contribution in [0.1, 0.15) is 5.56 Å². The first-order valence-corrected chi connectivity index (χ1v) is 8.12. The lowest BCUT2D eigenvalue weighted by atomic mass is 10.1. The van der Waals surface area contributed by atoms with Crippen molar-refractivity contribution in [3.63, 3.8) is 0 Å². The largest absolute Gasteiger partial charge is 0.507 e. The summed E-state index contributed by atoms with van der Waals surface area (Å²) >= 11 is 3.47. The summed E-state index contributed by atoms with van der Waals surface area (Å²) in [5, 5.41) is 9.95. The van der Waals surface area contributed by atoms with Crippen molar-refractivity contribution in [2.24, 2.45) is 0 Å². The normalized spacial score (nSPS) is 16.1. The Morgan fingerprint density at radius 2 is 1.76 bits per heavy atom. The maximum absolute atomic E-state index is 9.95. The van der Waals surface area contributed by atoms with E-state index in [0.29, 0.717) is 5.75 Å². The predicted molar refractivity (Wildman–Crippen MR) is 88.9 cm³/mol. The lowest BCUT2D eigenvalue weighted by molar-refractivity contribution is -0.914. The zero-order valence-electron chi connectivity index (χ0n) is 11.9. The summed E-state index contributed by atoms with van der Waals surface area (Å²) in [7, 11) is 0. The fraction of sp³-hybridized carbons (Fsp3) is 0.294. The number of piperazine rings is 1. The first kappa shape index (κ1) is 14.4. The molecule has 110 valence electrons. The van der Waals surface area contributed by atoms with Crippen LogP contribution in [0.3, 0.4) is 0 Å². The Labute approximate surface area is 133 Å². The van der Waals surface area contributed by atoms with Gasteiger partial charge in [0.1, 0.15) is 12.3 Å². The van der Waals surface area contributed by atoms with Gasteiger partial charge in [-0.25, -0.2) is 0 Å². The molecule has 3 rings (SSSR count). The molecule has 1 saturated heterocycles. The van der Waals surface area contributed by atoms with E-state index in [4.69, 9.17) is 0 Å². The molecule has 0 amide bonds. The van der Waals surface area contributed by atoms with E-state index in [0.717, 1.165) is 42.8 Å². The third kappa shape index (κ3) is 3.57. The minimum atomic E-state index is 0.399. The van der Waals surface area contributed by atoms with Gasteiger partial charge >= 0.3 is 0 Å². The molecule has 2 aromatic rings. The van der Waals surface area contributed by atoms with E-state index >= 15 is 0 Å². The number of anilines is 1. The molecule has 4 heteroatoms. The van der Waals surface area contributed by atoms with Gasteiger partial charge < -0.3 is 14.9 Å². The van der Waals surface area contributed by atoms with Gasteiger partial charge in [0.15, 0.2) is 0 Å². The van der Waals surface area contributed by atoms with Crippen molar-refractivity contribution in [1.82, 2.24) is 0 Å². The van der Waals surface area contributed by atoms with Crippen LogP contribution in [0.2, 0.25) is 0 Å². The molecule has 1 aliphatic heterocycles. The van der Waals surface area contributed by atoms with E-state index in [2.05, 4.69) is 51.2 Å². The number of phenols is 1. The van der Waals surface area contributed by atoms with Gasteiger partial charge in [0.25, 0.3) is 0 Å². The van der Waals surface area contributed by atoms with Crippen LogP contribution in [-0.2, 0) is 6.54 Å². The van der Waals surface area contributed by atoms with E-state index in [1.807, 2.05) is 12.1 Å². The van der Waals surface area contributed by atoms with Crippen molar-refractivity contribution in [1.29, 1.82) is 0 Å². The summed E-state index contributed by atoms with van der Waals surface area (Å²) in [4.78, 5) is 3.96. The number of rotatable bonds is 3. The van der Waals surface area contributed by atoms with Gasteiger partial charge in [-0.05, 0) is 30.3 Å². The van der Waals surface area contributed by atoms with Crippen LogP contribution < -0.4 is 9.80 Å². The Kier molecular flexibility index (Phi) is 4.46. The van der Waals surface area contributed by atoms with Gasteiger partial charge in [0, 0.05) is 15.7 Å². The fourth-order valence-corrected chi connectivity index (χ4v) is 3.27. The van der Waals surface area contributed by atoms with Crippen LogP contribution in [-0.4, -0.2) is 31.3 Å². The average molecular weight is 348 g/mol. The van der Waals surface area contributed by atoms with Crippen LogP contribution in [0.25, 0.3) is 0 Å². The Bertz CT molecular complexity index is 595. The zero-order chi connectivity index (χ0) is 14.7. The highest BCUT2D eigenvalue weighted by Gasteiger charge is 2.21. The van der Waals surface area contributed by atoms with Gasteiger partial charge in [0.2, 0.25) is 0 Å². The number of nitrogens with zero attached hydrogens (tertiary/aromatic N) is 1. The van der Waals surface area contributed by atoms with E-state index < -0.39 is 0 Å². The zero-order valence-corrected chi connectivity index (χ0v) is 13.5. The maximum atomic E-state index is 9.95. The van der Waals surface area contributed by atoms with Crippen molar-refractivity contribution in [2.75, 3.05) is 31.1 Å². The monoisotopic (exact) mass is 347 g/mol. The van der Waals surface area contributed by atoms with Crippen LogP contribution in [0, 0.1) is 0 Å². The van der Waals surface area contributed by atoms with Crippen molar-refractivity contribution in [3.05, 3.63) is 58.6 Å². The molecule has 2 aromatic carbocycles. The average Bonchev–Trinajstić information content (AvgIpc) is 2.53. The molecule has 1 fully saturated rings. The van der Waals surface area contributed by atoms with E-state index in [1.165, 1.54) is 10.6 Å². The van der Waals surface area contributed by atoms with E-state index in [1.54, 1.807) is 6.07 Å². The SMILES string of the molecule is Oc1ccc(Br)cc1C[NH+]1CCN(c2ccccc2)CC1. The number of quaternary nitrogens is 1. The quantitative estimate of drug-likeness (QED) is 0.889. The highest BCUT2D eigenvalue weighted by molar-refractivity contribution is 9.10. The lowest BCUT2D eigenvalue weighted by Gasteiger charge is -2.33. The van der Waals surface area contributed by atoms with Crippen molar-refractivity contribution in [2.45, 2.75) is 6.54 Å². The van der Waals surface area contributed by atoms with E-state index in [9.17, 15) is 5.11 Å². The number of nitrogens with one attached hydrogen (secondary N) is 1. The smallest absolute Gasteiger partial charge is 0.124 e. The van der Waals surface area contributed by atoms with Crippen molar-refractivity contribution >= 4 is 21.6 Å². The number of halogens is 1. The molecule has 1 heterocycles. The Morgan fingerprint density at radius 3 is 2.48 bits per heavy atom. The summed E-state index contributed by atoms with van der Waals surface area (Å²) in [6.45, 7) is 5.21. The number of aromatic hydroxyl groups is 1. The van der Waals surface area contributed by atoms with Crippen LogP contribution in [0.15, 0.2) is 53.0 Å². The first-order valence-electron chi connectivity index (χ1n) is 7.33. The Balaban J connectivity index is 1.60. The van der Waals surface area contributed by atoms with Gasteiger partial charge in [-0.15, -0.1) is 0 Å². The molecule has 0 radical (unpaired) electrons. The third-order valence-corrected chi connectivity index (χ3v) is 4.57. The first-order chi connectivity index (χ1) is 10.2. The third-order valence-electron chi connectivity index (χ3n) is 4.07. The van der Waals surface area contributed by atoms with E-state index in [-0.39, 0.29) is 0 Å². The molecule has 1 aliphatic rings.